The number of aryl methyl sites for hydroxylation is 1. The Morgan fingerprint density at radius 1 is 1.00 bits per heavy atom. The van der Waals surface area contributed by atoms with Gasteiger partial charge >= 0.3 is 16.2 Å². The Labute approximate surface area is 352 Å². The third-order valence-corrected chi connectivity index (χ3v) is 13.7. The average molecular weight is 879 g/mol. The van der Waals surface area contributed by atoms with Crippen molar-refractivity contribution in [3.05, 3.63) is 81.9 Å². The van der Waals surface area contributed by atoms with Gasteiger partial charge in [0.1, 0.15) is 23.2 Å². The van der Waals surface area contributed by atoms with E-state index in [4.69, 9.17) is 4.74 Å². The number of piperidine rings is 1. The summed E-state index contributed by atoms with van der Waals surface area (Å²) in [7, 11) is -1.14. The standard InChI is InChI=1S/C41H42F4N10O6S/c1-4-51(2)62(59,60)50-34-12-10-31(42)37(29(34)20-46)61-25-9-11-33-27(17-25)39(57)55(22-47-33)24-7-5-23(6-8-24)53-15-13-30(41(44,45)21-53)26-19-35-28(18-32(26)43)38(49-52(35)3)54-16-14-36(56)48-40(54)58/h9-12,17-19,22-24,30,50H,4-8,13-16,21H2,1-3H3,(H,48,56,58)/t23?,24?,30-/m1/s1. The zero-order valence-electron chi connectivity index (χ0n) is 33.9. The third kappa shape index (κ3) is 7.81. The summed E-state index contributed by atoms with van der Waals surface area (Å²) in [5.41, 5.74) is -0.447. The number of alkyl halides is 2. The smallest absolute Gasteiger partial charge is 0.329 e. The Kier molecular flexibility index (Phi) is 11.2. The van der Waals surface area contributed by atoms with Crippen molar-refractivity contribution in [3.8, 4) is 17.6 Å². The van der Waals surface area contributed by atoms with E-state index in [0.717, 1.165) is 22.5 Å². The fraction of sp³-hybridized carbons (Fsp3) is 0.415. The molecule has 3 fully saturated rings. The van der Waals surface area contributed by atoms with Crippen LogP contribution in [0.25, 0.3) is 21.8 Å². The second-order valence-electron chi connectivity index (χ2n) is 15.8. The summed E-state index contributed by atoms with van der Waals surface area (Å²) in [6.45, 7) is 1.52. The van der Waals surface area contributed by atoms with E-state index in [1.54, 1.807) is 24.9 Å². The van der Waals surface area contributed by atoms with Gasteiger partial charge in [-0.05, 0) is 86.7 Å². The first-order valence-corrected chi connectivity index (χ1v) is 21.5. The van der Waals surface area contributed by atoms with E-state index in [1.807, 2.05) is 0 Å². The minimum Gasteiger partial charge on any atom is -0.453 e. The second-order valence-corrected chi connectivity index (χ2v) is 17.6. The maximum absolute atomic E-state index is 16.1. The lowest BCUT2D eigenvalue weighted by atomic mass is 9.83. The van der Waals surface area contributed by atoms with E-state index in [-0.39, 0.29) is 71.6 Å². The van der Waals surface area contributed by atoms with Crippen LogP contribution in [0.15, 0.2) is 53.6 Å². The molecule has 2 saturated heterocycles. The lowest BCUT2D eigenvalue weighted by molar-refractivity contribution is -0.120. The highest BCUT2D eigenvalue weighted by Gasteiger charge is 2.48. The molecule has 3 aliphatic rings. The number of urea groups is 1. The molecule has 0 unspecified atom stereocenters. The molecule has 16 nitrogen and oxygen atoms in total. The Bertz CT molecular complexity index is 2840. The summed E-state index contributed by atoms with van der Waals surface area (Å²) in [6.07, 6.45) is 3.47. The summed E-state index contributed by atoms with van der Waals surface area (Å²) in [5, 5.41) is 16.9. The Morgan fingerprint density at radius 3 is 2.44 bits per heavy atom. The third-order valence-electron chi connectivity index (χ3n) is 12.1. The molecule has 1 atom stereocenters. The van der Waals surface area contributed by atoms with Crippen LogP contribution >= 0.6 is 0 Å². The minimum atomic E-state index is -4.06. The summed E-state index contributed by atoms with van der Waals surface area (Å²) in [5.74, 6) is -7.30. The lowest BCUT2D eigenvalue weighted by Gasteiger charge is -2.44. The van der Waals surface area contributed by atoms with Crippen LogP contribution < -0.4 is 25.2 Å². The molecule has 8 rings (SSSR count). The maximum atomic E-state index is 16.1. The SMILES string of the molecule is CCN(C)S(=O)(=O)Nc1ccc(F)c(Oc2ccc3ncn(C4CCC(N5CC[C@H](c6cc7c(cc6F)c(N6CCC(=O)NC6=O)nn7C)C(F)(F)C5)CC4)c(=O)c3c2)c1C#N. The molecular weight excluding hydrogens is 837 g/mol. The number of ether oxygens (including phenoxy) is 1. The predicted molar refractivity (Wildman–Crippen MR) is 219 cm³/mol. The first-order chi connectivity index (χ1) is 29.5. The van der Waals surface area contributed by atoms with Crippen LogP contribution in [0.5, 0.6) is 11.5 Å². The molecule has 1 aliphatic carbocycles. The van der Waals surface area contributed by atoms with Crippen molar-refractivity contribution in [2.24, 2.45) is 7.05 Å². The number of aromatic nitrogens is 4. The van der Waals surface area contributed by atoms with Crippen molar-refractivity contribution in [2.45, 2.75) is 69.4 Å². The fourth-order valence-corrected chi connectivity index (χ4v) is 9.61. The quantitative estimate of drug-likeness (QED) is 0.160. The summed E-state index contributed by atoms with van der Waals surface area (Å²) < 4.78 is 100. The average Bonchev–Trinajstić information content (AvgIpc) is 3.55. The first-order valence-electron chi connectivity index (χ1n) is 20.0. The van der Waals surface area contributed by atoms with E-state index >= 15 is 17.6 Å². The predicted octanol–water partition coefficient (Wildman–Crippen LogP) is 5.89. The number of likely N-dealkylation sites (tertiary alicyclic amines) is 1. The number of amides is 3. The molecular formula is C41H42F4N10O6S. The van der Waals surface area contributed by atoms with Gasteiger partial charge < -0.3 is 4.74 Å². The maximum Gasteiger partial charge on any atom is 0.329 e. The number of fused-ring (bicyclic) bond motifs is 2. The number of hydrogen-bond donors (Lipinski definition) is 2. The van der Waals surface area contributed by atoms with Crippen LogP contribution in [0.4, 0.5) is 33.9 Å². The highest BCUT2D eigenvalue weighted by molar-refractivity contribution is 7.90. The van der Waals surface area contributed by atoms with Crippen molar-refractivity contribution in [1.29, 1.82) is 5.26 Å². The van der Waals surface area contributed by atoms with Crippen LogP contribution in [0.2, 0.25) is 0 Å². The van der Waals surface area contributed by atoms with Gasteiger partial charge in [-0.1, -0.05) is 6.92 Å². The molecule has 62 heavy (non-hydrogen) atoms. The topological polar surface area (TPSA) is 188 Å². The lowest BCUT2D eigenvalue weighted by Crippen LogP contribution is -2.52. The Balaban J connectivity index is 0.949. The summed E-state index contributed by atoms with van der Waals surface area (Å²) in [6, 6.07) is 9.48. The van der Waals surface area contributed by atoms with Gasteiger partial charge in [-0.25, -0.2) is 27.3 Å². The molecule has 3 amide bonds. The second kappa shape index (κ2) is 16.3. The van der Waals surface area contributed by atoms with Crippen molar-refractivity contribution < 1.29 is 40.3 Å². The van der Waals surface area contributed by atoms with Gasteiger partial charge in [0.2, 0.25) is 5.91 Å². The van der Waals surface area contributed by atoms with Crippen LogP contribution in [-0.2, 0) is 22.1 Å². The molecule has 3 aromatic carbocycles. The molecule has 0 radical (unpaired) electrons. The molecule has 0 bridgehead atoms. The van der Waals surface area contributed by atoms with E-state index in [9.17, 15) is 28.1 Å². The van der Waals surface area contributed by atoms with Crippen molar-refractivity contribution in [3.63, 3.8) is 0 Å². The molecule has 1 saturated carbocycles. The zero-order chi connectivity index (χ0) is 44.2. The number of nitrogens with zero attached hydrogens (tertiary/aromatic N) is 8. The molecule has 21 heteroatoms. The van der Waals surface area contributed by atoms with E-state index in [2.05, 4.69) is 20.1 Å². The van der Waals surface area contributed by atoms with E-state index < -0.39 is 69.0 Å². The molecule has 2 N–H and O–H groups in total. The van der Waals surface area contributed by atoms with Crippen LogP contribution in [0.3, 0.4) is 0 Å². The number of imide groups is 1. The normalized spacial score (nSPS) is 21.0. The number of nitrogens with one attached hydrogen (secondary N) is 2. The van der Waals surface area contributed by atoms with E-state index in [1.165, 1.54) is 51.8 Å². The molecule has 5 aromatic rings. The van der Waals surface area contributed by atoms with Gasteiger partial charge in [0, 0.05) is 51.1 Å². The van der Waals surface area contributed by atoms with E-state index in [0.29, 0.717) is 43.3 Å². The number of carbonyl (C=O) groups excluding carboxylic acids is 2. The Morgan fingerprint density at radius 2 is 1.74 bits per heavy atom. The number of anilines is 2. The summed E-state index contributed by atoms with van der Waals surface area (Å²) >= 11 is 0. The minimum absolute atomic E-state index is 0.00150. The van der Waals surface area contributed by atoms with Gasteiger partial charge in [0.25, 0.3) is 11.5 Å². The van der Waals surface area contributed by atoms with Crippen molar-refractivity contribution in [1.82, 2.24) is 33.9 Å². The largest absolute Gasteiger partial charge is 0.453 e. The monoisotopic (exact) mass is 878 g/mol. The molecule has 2 aromatic heterocycles. The van der Waals surface area contributed by atoms with Gasteiger partial charge in [0.05, 0.1) is 40.9 Å². The Hall–Kier alpha value is -6.11. The van der Waals surface area contributed by atoms with Gasteiger partial charge in [-0.2, -0.15) is 23.1 Å². The first kappa shape index (κ1) is 42.6. The zero-order valence-corrected chi connectivity index (χ0v) is 34.7. The van der Waals surface area contributed by atoms with Crippen LogP contribution in [-0.4, -0.2) is 94.1 Å². The molecule has 4 heterocycles. The summed E-state index contributed by atoms with van der Waals surface area (Å²) in [4.78, 5) is 45.5. The number of benzene rings is 3. The number of rotatable bonds is 10. The van der Waals surface area contributed by atoms with Gasteiger partial charge in [-0.15, -0.1) is 0 Å². The molecule has 2 aliphatic heterocycles. The molecule has 0 spiro atoms. The number of hydrogen-bond acceptors (Lipinski definition) is 10. The number of halogens is 4. The number of nitriles is 1. The highest BCUT2D eigenvalue weighted by Crippen LogP contribution is 2.45. The van der Waals surface area contributed by atoms with Crippen molar-refractivity contribution >= 4 is 55.5 Å². The van der Waals surface area contributed by atoms with Gasteiger partial charge in [0.15, 0.2) is 17.4 Å². The number of carbonyl (C=O) groups is 2. The van der Waals surface area contributed by atoms with Gasteiger partial charge in [-0.3, -0.25) is 38.7 Å². The van der Waals surface area contributed by atoms with Crippen LogP contribution in [0, 0.1) is 23.0 Å². The fourth-order valence-electron chi connectivity index (χ4n) is 8.67. The van der Waals surface area contributed by atoms with Crippen molar-refractivity contribution in [2.75, 3.05) is 42.8 Å². The van der Waals surface area contributed by atoms with Crippen LogP contribution in [0.1, 0.15) is 68.5 Å². The molecule has 326 valence electrons. The highest BCUT2D eigenvalue weighted by atomic mass is 32.2.